The van der Waals surface area contributed by atoms with Gasteiger partial charge in [0.05, 0.1) is 12.2 Å². The fraction of sp³-hybridized carbons (Fsp3) is 1.00. The predicted octanol–water partition coefficient (Wildman–Crippen LogP) is -0.565. The second kappa shape index (κ2) is 2.44. The average molecular weight is 157 g/mol. The van der Waals surface area contributed by atoms with Gasteiger partial charge in [0.15, 0.2) is 0 Å². The van der Waals surface area contributed by atoms with E-state index in [1.807, 2.05) is 0 Å². The topological polar surface area (TPSA) is 43.7 Å². The first-order valence-electron chi connectivity index (χ1n) is 4.30. The minimum Gasteiger partial charge on any atom is -0.393 e. The summed E-state index contributed by atoms with van der Waals surface area (Å²) in [6.07, 6.45) is 1.80. The molecule has 2 saturated heterocycles. The number of hydrogen-bond donors (Lipinski definition) is 2. The molecule has 3 heteroatoms. The maximum atomic E-state index is 9.89. The van der Waals surface area contributed by atoms with E-state index in [0.29, 0.717) is 5.92 Å². The molecule has 2 fully saturated rings. The highest BCUT2D eigenvalue weighted by molar-refractivity contribution is 4.97. The Balaban J connectivity index is 2.12. The number of rotatable bonds is 1. The Kier molecular flexibility index (Phi) is 1.67. The van der Waals surface area contributed by atoms with Crippen molar-refractivity contribution >= 4 is 0 Å². The highest BCUT2D eigenvalue weighted by Crippen LogP contribution is 2.34. The van der Waals surface area contributed by atoms with Gasteiger partial charge in [-0.15, -0.1) is 0 Å². The third-order valence-corrected chi connectivity index (χ3v) is 3.17. The first kappa shape index (κ1) is 7.53. The first-order valence-corrected chi connectivity index (χ1v) is 4.30. The van der Waals surface area contributed by atoms with Crippen LogP contribution in [0.4, 0.5) is 0 Å². The Morgan fingerprint density at radius 2 is 2.27 bits per heavy atom. The molecule has 2 bridgehead atoms. The van der Waals surface area contributed by atoms with E-state index in [1.54, 1.807) is 0 Å². The molecule has 11 heavy (non-hydrogen) atoms. The van der Waals surface area contributed by atoms with Crippen LogP contribution in [0.2, 0.25) is 0 Å². The van der Waals surface area contributed by atoms with Gasteiger partial charge in [-0.25, -0.2) is 0 Å². The van der Waals surface area contributed by atoms with Crippen LogP contribution in [0.25, 0.3) is 0 Å². The largest absolute Gasteiger partial charge is 0.393 e. The Morgan fingerprint density at radius 1 is 1.45 bits per heavy atom. The lowest BCUT2D eigenvalue weighted by Crippen LogP contribution is -2.48. The molecule has 0 saturated carbocycles. The van der Waals surface area contributed by atoms with Crippen molar-refractivity contribution in [3.05, 3.63) is 0 Å². The minimum atomic E-state index is -0.757. The van der Waals surface area contributed by atoms with E-state index in [-0.39, 0.29) is 6.61 Å². The number of nitrogens with zero attached hydrogens (tertiary/aromatic N) is 1. The Labute approximate surface area is 66.6 Å². The van der Waals surface area contributed by atoms with Crippen molar-refractivity contribution < 1.29 is 10.2 Å². The lowest BCUT2D eigenvalue weighted by molar-refractivity contribution is -0.0812. The fourth-order valence-corrected chi connectivity index (χ4v) is 2.24. The summed E-state index contributed by atoms with van der Waals surface area (Å²) < 4.78 is 0. The summed E-state index contributed by atoms with van der Waals surface area (Å²) in [6.45, 7) is 2.98. The van der Waals surface area contributed by atoms with Crippen molar-refractivity contribution in [1.29, 1.82) is 0 Å². The Morgan fingerprint density at radius 3 is 3.00 bits per heavy atom. The molecule has 3 nitrogen and oxygen atoms in total. The maximum Gasteiger partial charge on any atom is 0.0930 e. The SMILES string of the molecule is OCC1(O)CCN2CCC1C2. The predicted molar refractivity (Wildman–Crippen MR) is 41.2 cm³/mol. The zero-order valence-corrected chi connectivity index (χ0v) is 6.66. The van der Waals surface area contributed by atoms with Gasteiger partial charge in [0, 0.05) is 19.0 Å². The molecule has 2 aliphatic rings. The highest BCUT2D eigenvalue weighted by atomic mass is 16.3. The molecule has 2 heterocycles. The zero-order valence-electron chi connectivity index (χ0n) is 6.66. The van der Waals surface area contributed by atoms with Gasteiger partial charge in [-0.1, -0.05) is 0 Å². The molecule has 2 N–H and O–H groups in total. The second-order valence-electron chi connectivity index (χ2n) is 3.80. The van der Waals surface area contributed by atoms with Gasteiger partial charge in [-0.3, -0.25) is 0 Å². The number of hydrogen-bond acceptors (Lipinski definition) is 3. The molecular formula is C8H15NO2. The molecule has 0 radical (unpaired) electrons. The molecule has 3 unspecified atom stereocenters. The molecule has 0 amide bonds. The highest BCUT2D eigenvalue weighted by Gasteiger charge is 2.44. The Bertz CT molecular complexity index is 162. The molecule has 0 aromatic heterocycles. The summed E-state index contributed by atoms with van der Waals surface area (Å²) in [5.74, 6) is 0.321. The van der Waals surface area contributed by atoms with Crippen LogP contribution >= 0.6 is 0 Å². The van der Waals surface area contributed by atoms with Gasteiger partial charge in [0.1, 0.15) is 0 Å². The van der Waals surface area contributed by atoms with Crippen LogP contribution in [0.5, 0.6) is 0 Å². The number of aliphatic hydroxyl groups excluding tert-OH is 1. The number of piperidine rings is 1. The number of aliphatic hydroxyl groups is 2. The van der Waals surface area contributed by atoms with Crippen LogP contribution in [0.1, 0.15) is 12.8 Å². The summed E-state index contributed by atoms with van der Waals surface area (Å²) in [5.41, 5.74) is -0.757. The van der Waals surface area contributed by atoms with Gasteiger partial charge in [0.2, 0.25) is 0 Å². The molecule has 2 rings (SSSR count). The van der Waals surface area contributed by atoms with Crippen LogP contribution in [0.15, 0.2) is 0 Å². The Hall–Kier alpha value is -0.120. The fourth-order valence-electron chi connectivity index (χ4n) is 2.24. The molecule has 0 aromatic rings. The average Bonchev–Trinajstić information content (AvgIpc) is 2.44. The van der Waals surface area contributed by atoms with Crippen molar-refractivity contribution in [2.24, 2.45) is 5.92 Å². The normalized spacial score (nSPS) is 49.6. The number of fused-ring (bicyclic) bond motifs is 2. The van der Waals surface area contributed by atoms with Gasteiger partial charge in [-0.05, 0) is 19.4 Å². The standard InChI is InChI=1S/C8H15NO2/c10-6-8(11)2-4-9-3-1-7(8)5-9/h7,10-11H,1-6H2. The van der Waals surface area contributed by atoms with E-state index in [4.69, 9.17) is 5.11 Å². The van der Waals surface area contributed by atoms with Crippen molar-refractivity contribution in [3.63, 3.8) is 0 Å². The molecule has 2 aliphatic heterocycles. The quantitative estimate of drug-likeness (QED) is 0.536. The summed E-state index contributed by atoms with van der Waals surface area (Å²) in [4.78, 5) is 2.36. The summed E-state index contributed by atoms with van der Waals surface area (Å²) >= 11 is 0. The van der Waals surface area contributed by atoms with E-state index < -0.39 is 5.60 Å². The monoisotopic (exact) mass is 157 g/mol. The lowest BCUT2D eigenvalue weighted by Gasteiger charge is -2.37. The van der Waals surface area contributed by atoms with Crippen LogP contribution in [0.3, 0.4) is 0 Å². The van der Waals surface area contributed by atoms with Crippen LogP contribution < -0.4 is 0 Å². The van der Waals surface area contributed by atoms with Crippen LogP contribution in [0, 0.1) is 5.92 Å². The molecule has 0 aliphatic carbocycles. The minimum absolute atomic E-state index is 0.0640. The van der Waals surface area contributed by atoms with Crippen molar-refractivity contribution in [2.75, 3.05) is 26.2 Å². The molecular weight excluding hydrogens is 142 g/mol. The second-order valence-corrected chi connectivity index (χ2v) is 3.80. The van der Waals surface area contributed by atoms with Gasteiger partial charge < -0.3 is 15.1 Å². The van der Waals surface area contributed by atoms with E-state index in [1.165, 1.54) is 0 Å². The van der Waals surface area contributed by atoms with Crippen LogP contribution in [-0.2, 0) is 0 Å². The van der Waals surface area contributed by atoms with Gasteiger partial charge in [0.25, 0.3) is 0 Å². The van der Waals surface area contributed by atoms with Crippen molar-refractivity contribution in [3.8, 4) is 0 Å². The molecule has 64 valence electrons. The lowest BCUT2D eigenvalue weighted by atomic mass is 9.83. The smallest absolute Gasteiger partial charge is 0.0930 e. The van der Waals surface area contributed by atoms with E-state index in [9.17, 15) is 5.11 Å². The molecule has 3 atom stereocenters. The molecule has 0 aromatic carbocycles. The summed E-state index contributed by atoms with van der Waals surface area (Å²) in [6, 6.07) is 0. The zero-order chi connectivity index (χ0) is 7.90. The van der Waals surface area contributed by atoms with Gasteiger partial charge in [-0.2, -0.15) is 0 Å². The van der Waals surface area contributed by atoms with E-state index >= 15 is 0 Å². The summed E-state index contributed by atoms with van der Waals surface area (Å²) in [7, 11) is 0. The van der Waals surface area contributed by atoms with Crippen molar-refractivity contribution in [2.45, 2.75) is 18.4 Å². The third kappa shape index (κ3) is 1.08. The van der Waals surface area contributed by atoms with Crippen molar-refractivity contribution in [1.82, 2.24) is 4.90 Å². The first-order chi connectivity index (χ1) is 5.24. The van der Waals surface area contributed by atoms with E-state index in [0.717, 1.165) is 32.5 Å². The van der Waals surface area contributed by atoms with Crippen LogP contribution in [-0.4, -0.2) is 47.0 Å². The van der Waals surface area contributed by atoms with Gasteiger partial charge >= 0.3 is 0 Å². The van der Waals surface area contributed by atoms with E-state index in [2.05, 4.69) is 4.90 Å². The maximum absolute atomic E-state index is 9.89. The summed E-state index contributed by atoms with van der Waals surface area (Å²) in [5, 5.41) is 18.9. The molecule has 0 spiro atoms. The third-order valence-electron chi connectivity index (χ3n) is 3.17.